The Hall–Kier alpha value is -2.63. The van der Waals surface area contributed by atoms with Crippen molar-refractivity contribution in [1.82, 2.24) is 4.98 Å². The molecule has 0 saturated carbocycles. The Balaban J connectivity index is 2.23. The number of ether oxygens (including phenoxy) is 2. The Labute approximate surface area is 124 Å². The van der Waals surface area contributed by atoms with E-state index in [4.69, 9.17) is 20.9 Å². The van der Waals surface area contributed by atoms with Crippen LogP contribution in [-0.2, 0) is 0 Å². The molecule has 0 aliphatic heterocycles. The molecule has 0 atom stereocenters. The quantitative estimate of drug-likeness (QED) is 0.756. The molecule has 0 saturated heterocycles. The zero-order valence-electron chi connectivity index (χ0n) is 12.2. The van der Waals surface area contributed by atoms with Gasteiger partial charge in [-0.2, -0.15) is 0 Å². The fourth-order valence-corrected chi connectivity index (χ4v) is 1.83. The summed E-state index contributed by atoms with van der Waals surface area (Å²) in [5.41, 5.74) is 12.6. The van der Waals surface area contributed by atoms with Crippen molar-refractivity contribution in [2.24, 2.45) is 0 Å². The minimum absolute atomic E-state index is 0.302. The van der Waals surface area contributed by atoms with E-state index in [9.17, 15) is 0 Å². The van der Waals surface area contributed by atoms with Crippen LogP contribution in [-0.4, -0.2) is 18.2 Å². The smallest absolute Gasteiger partial charge is 0.163 e. The summed E-state index contributed by atoms with van der Waals surface area (Å²) in [6.45, 7) is 5.01. The van der Waals surface area contributed by atoms with E-state index in [0.717, 1.165) is 11.4 Å². The number of anilines is 4. The fraction of sp³-hybridized carbons (Fsp3) is 0.267. The van der Waals surface area contributed by atoms with E-state index < -0.39 is 0 Å². The summed E-state index contributed by atoms with van der Waals surface area (Å²) < 4.78 is 11.1. The van der Waals surface area contributed by atoms with Crippen LogP contribution in [0.5, 0.6) is 11.5 Å². The average molecular weight is 288 g/mol. The van der Waals surface area contributed by atoms with Crippen molar-refractivity contribution in [3.8, 4) is 11.5 Å². The average Bonchev–Trinajstić information content (AvgIpc) is 2.46. The standard InChI is InChI=1S/C15H20N4O2/c1-3-20-12-7-5-10(9-13(12)21-4-2)18-14-8-6-11(16)15(17)19-14/h5-9H,3-4,16H2,1-2H3,(H3,17,18,19). The van der Waals surface area contributed by atoms with Gasteiger partial charge >= 0.3 is 0 Å². The van der Waals surface area contributed by atoms with E-state index in [0.29, 0.717) is 36.3 Å². The van der Waals surface area contributed by atoms with Crippen LogP contribution in [0.15, 0.2) is 30.3 Å². The van der Waals surface area contributed by atoms with Crippen LogP contribution in [0.3, 0.4) is 0 Å². The first-order valence-corrected chi connectivity index (χ1v) is 6.82. The van der Waals surface area contributed by atoms with Crippen LogP contribution in [0.1, 0.15) is 13.8 Å². The van der Waals surface area contributed by atoms with Crippen molar-refractivity contribution in [3.63, 3.8) is 0 Å². The Bertz CT molecular complexity index is 617. The molecule has 0 aliphatic rings. The molecule has 21 heavy (non-hydrogen) atoms. The largest absolute Gasteiger partial charge is 0.490 e. The molecule has 2 aromatic rings. The van der Waals surface area contributed by atoms with Crippen molar-refractivity contribution in [2.75, 3.05) is 30.0 Å². The second-order valence-electron chi connectivity index (χ2n) is 4.32. The summed E-state index contributed by atoms with van der Waals surface area (Å²) in [6, 6.07) is 9.09. The molecule has 112 valence electrons. The van der Waals surface area contributed by atoms with Crippen molar-refractivity contribution in [2.45, 2.75) is 13.8 Å². The monoisotopic (exact) mass is 288 g/mol. The van der Waals surface area contributed by atoms with E-state index in [-0.39, 0.29) is 0 Å². The minimum atomic E-state index is 0.302. The van der Waals surface area contributed by atoms with Gasteiger partial charge in [0.1, 0.15) is 11.6 Å². The molecule has 1 aromatic carbocycles. The predicted octanol–water partition coefficient (Wildman–Crippen LogP) is 2.79. The summed E-state index contributed by atoms with van der Waals surface area (Å²) in [4.78, 5) is 4.17. The van der Waals surface area contributed by atoms with Gasteiger partial charge in [0.05, 0.1) is 18.9 Å². The highest BCUT2D eigenvalue weighted by molar-refractivity contribution is 5.66. The van der Waals surface area contributed by atoms with Gasteiger partial charge < -0.3 is 26.3 Å². The first-order chi connectivity index (χ1) is 10.1. The van der Waals surface area contributed by atoms with Crippen molar-refractivity contribution in [3.05, 3.63) is 30.3 Å². The Morgan fingerprint density at radius 2 is 1.71 bits per heavy atom. The van der Waals surface area contributed by atoms with Crippen molar-refractivity contribution in [1.29, 1.82) is 0 Å². The molecule has 6 nitrogen and oxygen atoms in total. The molecule has 5 N–H and O–H groups in total. The lowest BCUT2D eigenvalue weighted by molar-refractivity contribution is 0.288. The number of nitrogen functional groups attached to an aromatic ring is 2. The van der Waals surface area contributed by atoms with Crippen LogP contribution in [0.4, 0.5) is 23.0 Å². The van der Waals surface area contributed by atoms with Gasteiger partial charge in [-0.25, -0.2) is 4.98 Å². The first-order valence-electron chi connectivity index (χ1n) is 6.82. The lowest BCUT2D eigenvalue weighted by atomic mass is 10.2. The third-order valence-electron chi connectivity index (χ3n) is 2.77. The Kier molecular flexibility index (Phi) is 4.71. The predicted molar refractivity (Wildman–Crippen MR) is 85.1 cm³/mol. The zero-order valence-corrected chi connectivity index (χ0v) is 12.2. The van der Waals surface area contributed by atoms with Gasteiger partial charge in [-0.1, -0.05) is 0 Å². The molecule has 0 amide bonds. The van der Waals surface area contributed by atoms with Crippen molar-refractivity contribution < 1.29 is 9.47 Å². The number of pyridine rings is 1. The lowest BCUT2D eigenvalue weighted by Gasteiger charge is -2.13. The molecule has 1 aromatic heterocycles. The van der Waals surface area contributed by atoms with Crippen LogP contribution in [0.2, 0.25) is 0 Å². The molecule has 6 heteroatoms. The molecule has 0 fully saturated rings. The SMILES string of the molecule is CCOc1ccc(Nc2ccc(N)c(N)n2)cc1OCC. The Morgan fingerprint density at radius 3 is 2.38 bits per heavy atom. The molecule has 1 heterocycles. The number of aromatic nitrogens is 1. The lowest BCUT2D eigenvalue weighted by Crippen LogP contribution is -2.02. The molecular weight excluding hydrogens is 268 g/mol. The van der Waals surface area contributed by atoms with E-state index in [2.05, 4.69) is 10.3 Å². The van der Waals surface area contributed by atoms with Crippen LogP contribution < -0.4 is 26.3 Å². The molecule has 2 rings (SSSR count). The van der Waals surface area contributed by atoms with Gasteiger partial charge in [-0.15, -0.1) is 0 Å². The van der Waals surface area contributed by atoms with Gasteiger partial charge in [-0.05, 0) is 38.1 Å². The highest BCUT2D eigenvalue weighted by Crippen LogP contribution is 2.31. The first kappa shape index (κ1) is 14.8. The highest BCUT2D eigenvalue weighted by Gasteiger charge is 2.07. The number of hydrogen-bond acceptors (Lipinski definition) is 6. The summed E-state index contributed by atoms with van der Waals surface area (Å²) >= 11 is 0. The number of benzene rings is 1. The minimum Gasteiger partial charge on any atom is -0.490 e. The van der Waals surface area contributed by atoms with Crippen LogP contribution >= 0.6 is 0 Å². The molecule has 0 bridgehead atoms. The van der Waals surface area contributed by atoms with E-state index in [1.807, 2.05) is 32.0 Å². The molecule has 0 aliphatic carbocycles. The van der Waals surface area contributed by atoms with E-state index in [1.54, 1.807) is 12.1 Å². The number of rotatable bonds is 6. The van der Waals surface area contributed by atoms with E-state index in [1.165, 1.54) is 0 Å². The molecular formula is C15H20N4O2. The van der Waals surface area contributed by atoms with Gasteiger partial charge in [0.25, 0.3) is 0 Å². The number of nitrogens with zero attached hydrogens (tertiary/aromatic N) is 1. The molecule has 0 unspecified atom stereocenters. The maximum absolute atomic E-state index is 5.69. The van der Waals surface area contributed by atoms with Crippen molar-refractivity contribution >= 4 is 23.0 Å². The summed E-state index contributed by atoms with van der Waals surface area (Å²) in [5, 5.41) is 3.16. The molecule has 0 radical (unpaired) electrons. The number of nitrogens with one attached hydrogen (secondary N) is 1. The zero-order chi connectivity index (χ0) is 15.2. The fourth-order valence-electron chi connectivity index (χ4n) is 1.83. The summed E-state index contributed by atoms with van der Waals surface area (Å²) in [7, 11) is 0. The Morgan fingerprint density at radius 1 is 1.00 bits per heavy atom. The van der Waals surface area contributed by atoms with Crippen LogP contribution in [0, 0.1) is 0 Å². The third kappa shape index (κ3) is 3.68. The van der Waals surface area contributed by atoms with Gasteiger partial charge in [0.15, 0.2) is 11.5 Å². The number of hydrogen-bond donors (Lipinski definition) is 3. The second kappa shape index (κ2) is 6.69. The van der Waals surface area contributed by atoms with Gasteiger partial charge in [-0.3, -0.25) is 0 Å². The maximum atomic E-state index is 5.69. The topological polar surface area (TPSA) is 95.4 Å². The van der Waals surface area contributed by atoms with Gasteiger partial charge in [0.2, 0.25) is 0 Å². The number of nitrogens with two attached hydrogens (primary N) is 2. The normalized spacial score (nSPS) is 10.2. The van der Waals surface area contributed by atoms with Crippen LogP contribution in [0.25, 0.3) is 0 Å². The summed E-state index contributed by atoms with van der Waals surface area (Å²) in [6.07, 6.45) is 0. The maximum Gasteiger partial charge on any atom is 0.163 e. The van der Waals surface area contributed by atoms with Gasteiger partial charge in [0, 0.05) is 11.8 Å². The molecule has 0 spiro atoms. The summed E-state index contributed by atoms with van der Waals surface area (Å²) in [5.74, 6) is 2.33. The highest BCUT2D eigenvalue weighted by atomic mass is 16.5. The van der Waals surface area contributed by atoms with E-state index >= 15 is 0 Å². The second-order valence-corrected chi connectivity index (χ2v) is 4.32. The third-order valence-corrected chi connectivity index (χ3v) is 2.77.